The zero-order valence-electron chi connectivity index (χ0n) is 13.0. The fourth-order valence-electron chi connectivity index (χ4n) is 2.15. The van der Waals surface area contributed by atoms with Crippen molar-refractivity contribution in [1.82, 2.24) is 0 Å². The van der Waals surface area contributed by atoms with Crippen LogP contribution in [0.5, 0.6) is 11.5 Å². The van der Waals surface area contributed by atoms with Gasteiger partial charge in [0.15, 0.2) is 0 Å². The van der Waals surface area contributed by atoms with Crippen LogP contribution in [0, 0.1) is 4.91 Å². The number of carbonyl (C=O) groups is 1. The number of carbonyl (C=O) groups excluding carboxylic acids is 1. The van der Waals surface area contributed by atoms with Gasteiger partial charge < -0.3 is 9.47 Å². The number of para-hydroxylation sites is 1. The van der Waals surface area contributed by atoms with Crippen molar-refractivity contribution in [1.29, 1.82) is 0 Å². The number of hydrogen-bond donors (Lipinski definition) is 0. The molecular weight excluding hydrogens is 294 g/mol. The second kappa shape index (κ2) is 8.68. The first-order valence-electron chi connectivity index (χ1n) is 7.54. The Balaban J connectivity index is 1.96. The van der Waals surface area contributed by atoms with E-state index in [2.05, 4.69) is 5.18 Å². The van der Waals surface area contributed by atoms with Gasteiger partial charge in [0.2, 0.25) is 0 Å². The minimum absolute atomic E-state index is 0.173. The van der Waals surface area contributed by atoms with Crippen LogP contribution in [0.4, 0.5) is 0 Å². The minimum Gasteiger partial charge on any atom is -0.466 e. The van der Waals surface area contributed by atoms with Gasteiger partial charge in [-0.15, -0.1) is 0 Å². The van der Waals surface area contributed by atoms with E-state index in [0.29, 0.717) is 18.8 Å². The van der Waals surface area contributed by atoms with Crippen molar-refractivity contribution in [3.8, 4) is 11.5 Å². The first kappa shape index (κ1) is 16.7. The number of hydrogen-bond acceptors (Lipinski definition) is 5. The van der Waals surface area contributed by atoms with E-state index >= 15 is 0 Å². The highest BCUT2D eigenvalue weighted by atomic mass is 16.5. The molecule has 0 N–H and O–H groups in total. The lowest BCUT2D eigenvalue weighted by Gasteiger charge is -2.10. The van der Waals surface area contributed by atoms with Gasteiger partial charge in [-0.2, -0.15) is 4.91 Å². The summed E-state index contributed by atoms with van der Waals surface area (Å²) in [6.07, 6.45) is 0.508. The highest BCUT2D eigenvalue weighted by Gasteiger charge is 2.14. The third-order valence-electron chi connectivity index (χ3n) is 3.30. The maximum Gasteiger partial charge on any atom is 0.305 e. The monoisotopic (exact) mass is 313 g/mol. The molecule has 0 aliphatic carbocycles. The lowest BCUT2D eigenvalue weighted by Crippen LogP contribution is -2.06. The molecule has 0 fully saturated rings. The summed E-state index contributed by atoms with van der Waals surface area (Å²) in [5.41, 5.74) is 0.754. The molecule has 120 valence electrons. The average molecular weight is 313 g/mol. The molecule has 2 aromatic carbocycles. The number of nitrogens with zero attached hydrogens (tertiary/aromatic N) is 1. The Morgan fingerprint density at radius 1 is 1.04 bits per heavy atom. The summed E-state index contributed by atoms with van der Waals surface area (Å²) in [7, 11) is 0. The van der Waals surface area contributed by atoms with Crippen LogP contribution in [-0.2, 0) is 9.53 Å². The average Bonchev–Trinajstić information content (AvgIpc) is 2.58. The summed E-state index contributed by atoms with van der Waals surface area (Å²) in [4.78, 5) is 22.4. The largest absolute Gasteiger partial charge is 0.466 e. The zero-order valence-corrected chi connectivity index (χ0v) is 13.0. The van der Waals surface area contributed by atoms with E-state index < -0.39 is 6.04 Å². The maximum absolute atomic E-state index is 11.4. The summed E-state index contributed by atoms with van der Waals surface area (Å²) in [5.74, 6) is 1.10. The fourth-order valence-corrected chi connectivity index (χ4v) is 2.15. The van der Waals surface area contributed by atoms with Gasteiger partial charge in [-0.3, -0.25) is 4.79 Å². The van der Waals surface area contributed by atoms with Crippen molar-refractivity contribution in [2.24, 2.45) is 5.18 Å². The van der Waals surface area contributed by atoms with Crippen LogP contribution < -0.4 is 4.74 Å². The molecule has 1 atom stereocenters. The lowest BCUT2D eigenvalue weighted by molar-refractivity contribution is -0.143. The fraction of sp³-hybridized carbons (Fsp3) is 0.278. The Morgan fingerprint density at radius 3 is 2.30 bits per heavy atom. The molecule has 0 bridgehead atoms. The molecule has 5 nitrogen and oxygen atoms in total. The zero-order chi connectivity index (χ0) is 16.5. The number of rotatable bonds is 8. The number of esters is 1. The van der Waals surface area contributed by atoms with E-state index in [-0.39, 0.29) is 12.4 Å². The van der Waals surface area contributed by atoms with Crippen LogP contribution in [0.2, 0.25) is 0 Å². The predicted molar refractivity (Wildman–Crippen MR) is 87.4 cm³/mol. The van der Waals surface area contributed by atoms with E-state index in [1.807, 2.05) is 30.3 Å². The second-order valence-corrected chi connectivity index (χ2v) is 4.95. The first-order chi connectivity index (χ1) is 11.2. The second-order valence-electron chi connectivity index (χ2n) is 4.95. The lowest BCUT2D eigenvalue weighted by atomic mass is 10.0. The summed E-state index contributed by atoms with van der Waals surface area (Å²) in [5, 5.41) is 3.11. The van der Waals surface area contributed by atoms with E-state index in [1.54, 1.807) is 31.2 Å². The van der Waals surface area contributed by atoms with Crippen molar-refractivity contribution in [3.05, 3.63) is 65.1 Å². The normalized spacial score (nSPS) is 11.5. The van der Waals surface area contributed by atoms with Crippen LogP contribution in [0.1, 0.15) is 31.4 Å². The third-order valence-corrected chi connectivity index (χ3v) is 3.30. The van der Waals surface area contributed by atoms with Crippen LogP contribution in [-0.4, -0.2) is 12.6 Å². The highest BCUT2D eigenvalue weighted by molar-refractivity contribution is 5.69. The van der Waals surface area contributed by atoms with Crippen LogP contribution in [0.15, 0.2) is 59.8 Å². The molecule has 0 heterocycles. The molecule has 5 heteroatoms. The Hall–Kier alpha value is -2.69. The Morgan fingerprint density at radius 2 is 1.70 bits per heavy atom. The number of ether oxygens (including phenoxy) is 2. The van der Waals surface area contributed by atoms with Crippen LogP contribution in [0.3, 0.4) is 0 Å². The Bertz CT molecular complexity index is 625. The van der Waals surface area contributed by atoms with Gasteiger partial charge >= 0.3 is 5.97 Å². The Labute approximate surface area is 135 Å². The van der Waals surface area contributed by atoms with E-state index in [4.69, 9.17) is 9.47 Å². The van der Waals surface area contributed by atoms with Crippen molar-refractivity contribution < 1.29 is 14.3 Å². The molecule has 0 spiro atoms. The van der Waals surface area contributed by atoms with Crippen molar-refractivity contribution in [2.45, 2.75) is 25.8 Å². The molecule has 0 aliphatic rings. The van der Waals surface area contributed by atoms with E-state index in [9.17, 15) is 9.70 Å². The van der Waals surface area contributed by atoms with Crippen LogP contribution in [0.25, 0.3) is 0 Å². The van der Waals surface area contributed by atoms with Crippen molar-refractivity contribution in [2.75, 3.05) is 6.61 Å². The standard InChI is InChI=1S/C18H19NO4/c1-2-22-18(20)13-12-17(19-21)14-8-10-16(11-9-14)23-15-6-4-3-5-7-15/h3-11,17H,2,12-13H2,1H3. The summed E-state index contributed by atoms with van der Waals surface area (Å²) in [6, 6.07) is 16.0. The summed E-state index contributed by atoms with van der Waals surface area (Å²) >= 11 is 0. The topological polar surface area (TPSA) is 65.0 Å². The quantitative estimate of drug-likeness (QED) is 0.526. The molecule has 0 aromatic heterocycles. The maximum atomic E-state index is 11.4. The van der Waals surface area contributed by atoms with E-state index in [1.165, 1.54) is 0 Å². The molecule has 2 aromatic rings. The smallest absolute Gasteiger partial charge is 0.305 e. The summed E-state index contributed by atoms with van der Waals surface area (Å²) in [6.45, 7) is 2.09. The van der Waals surface area contributed by atoms with Gasteiger partial charge in [-0.05, 0) is 43.2 Å². The van der Waals surface area contributed by atoms with Gasteiger partial charge in [0.05, 0.1) is 6.61 Å². The highest BCUT2D eigenvalue weighted by Crippen LogP contribution is 2.27. The number of benzene rings is 2. The predicted octanol–water partition coefficient (Wildman–Crippen LogP) is 4.63. The molecule has 1 unspecified atom stereocenters. The van der Waals surface area contributed by atoms with Gasteiger partial charge in [0.25, 0.3) is 0 Å². The van der Waals surface area contributed by atoms with Gasteiger partial charge in [0.1, 0.15) is 17.5 Å². The molecular formula is C18H19NO4. The van der Waals surface area contributed by atoms with Crippen molar-refractivity contribution >= 4 is 5.97 Å². The third kappa shape index (κ3) is 5.21. The van der Waals surface area contributed by atoms with Gasteiger partial charge in [-0.1, -0.05) is 35.5 Å². The Kier molecular flexibility index (Phi) is 6.29. The minimum atomic E-state index is -0.565. The molecule has 0 amide bonds. The van der Waals surface area contributed by atoms with Gasteiger partial charge in [0, 0.05) is 6.42 Å². The molecule has 0 aliphatic heterocycles. The first-order valence-corrected chi connectivity index (χ1v) is 7.54. The number of nitroso groups, excluding NO2 is 1. The molecule has 23 heavy (non-hydrogen) atoms. The van der Waals surface area contributed by atoms with Crippen molar-refractivity contribution in [3.63, 3.8) is 0 Å². The van der Waals surface area contributed by atoms with Gasteiger partial charge in [-0.25, -0.2) is 0 Å². The summed E-state index contributed by atoms with van der Waals surface area (Å²) < 4.78 is 10.5. The molecule has 0 radical (unpaired) electrons. The van der Waals surface area contributed by atoms with Crippen LogP contribution >= 0.6 is 0 Å². The molecule has 0 saturated carbocycles. The molecule has 2 rings (SSSR count). The molecule has 0 saturated heterocycles. The SMILES string of the molecule is CCOC(=O)CCC(N=O)c1ccc(Oc2ccccc2)cc1. The van der Waals surface area contributed by atoms with E-state index in [0.717, 1.165) is 11.3 Å².